The highest BCUT2D eigenvalue weighted by Gasteiger charge is 2.18. The van der Waals surface area contributed by atoms with Crippen LogP contribution in [-0.2, 0) is 18.0 Å². The lowest BCUT2D eigenvalue weighted by molar-refractivity contribution is 0.134. The monoisotopic (exact) mass is 356 g/mol. The first-order valence-electron chi connectivity index (χ1n) is 5.33. The maximum absolute atomic E-state index is 5.56. The van der Waals surface area contributed by atoms with Gasteiger partial charge in [-0.25, -0.2) is 0 Å². The molecule has 1 atom stereocenters. The van der Waals surface area contributed by atoms with Crippen LogP contribution in [-0.4, -0.2) is 0 Å². The molecule has 0 N–H and O–H groups in total. The maximum atomic E-state index is 5.56. The number of rotatable bonds is 2. The fourth-order valence-electron chi connectivity index (χ4n) is 1.98. The van der Waals surface area contributed by atoms with Crippen molar-refractivity contribution < 1.29 is 9.15 Å². The molecule has 0 aliphatic carbocycles. The second kappa shape index (κ2) is 4.59. The van der Waals surface area contributed by atoms with Gasteiger partial charge in [0.15, 0.2) is 4.67 Å². The highest BCUT2D eigenvalue weighted by molar-refractivity contribution is 9.10. The van der Waals surface area contributed by atoms with Gasteiger partial charge in [-0.2, -0.15) is 0 Å². The lowest BCUT2D eigenvalue weighted by Crippen LogP contribution is -1.93. The molecule has 0 bridgehead atoms. The summed E-state index contributed by atoms with van der Waals surface area (Å²) in [5.41, 5.74) is 3.75. The first-order chi connectivity index (χ1) is 8.24. The molecule has 2 heterocycles. The summed E-state index contributed by atoms with van der Waals surface area (Å²) in [5, 5.41) is 0. The van der Waals surface area contributed by atoms with Crippen LogP contribution in [0, 0.1) is 0 Å². The summed E-state index contributed by atoms with van der Waals surface area (Å²) in [6, 6.07) is 10.3. The molecule has 1 aromatic heterocycles. The lowest BCUT2D eigenvalue weighted by atomic mass is 10.0. The van der Waals surface area contributed by atoms with Gasteiger partial charge in [0.1, 0.15) is 5.76 Å². The van der Waals surface area contributed by atoms with Gasteiger partial charge in [-0.1, -0.05) is 34.1 Å². The van der Waals surface area contributed by atoms with Gasteiger partial charge in [0.2, 0.25) is 0 Å². The Balaban J connectivity index is 1.94. The highest BCUT2D eigenvalue weighted by atomic mass is 79.9. The van der Waals surface area contributed by atoms with E-state index in [1.165, 1.54) is 16.7 Å². The third-order valence-corrected chi connectivity index (χ3v) is 4.29. The van der Waals surface area contributed by atoms with Crippen LogP contribution in [0.2, 0.25) is 0 Å². The average Bonchev–Trinajstić information content (AvgIpc) is 2.95. The van der Waals surface area contributed by atoms with Crippen molar-refractivity contribution in [3.8, 4) is 0 Å². The van der Waals surface area contributed by atoms with E-state index in [0.29, 0.717) is 6.61 Å². The zero-order valence-corrected chi connectivity index (χ0v) is 12.1. The molecule has 1 unspecified atom stereocenters. The molecule has 1 aliphatic heterocycles. The molecule has 88 valence electrons. The topological polar surface area (TPSA) is 22.4 Å². The van der Waals surface area contributed by atoms with E-state index >= 15 is 0 Å². The number of ether oxygens (including phenoxy) is 1. The lowest BCUT2D eigenvalue weighted by Gasteiger charge is -2.08. The molecule has 1 aromatic carbocycles. The molecule has 2 nitrogen and oxygen atoms in total. The number of hydrogen-bond donors (Lipinski definition) is 0. The minimum atomic E-state index is 0.0831. The predicted octanol–water partition coefficient (Wildman–Crippen LogP) is 4.56. The molecular weight excluding hydrogens is 348 g/mol. The number of fused-ring (bicyclic) bond motifs is 1. The first kappa shape index (κ1) is 11.5. The molecule has 0 saturated heterocycles. The van der Waals surface area contributed by atoms with Crippen molar-refractivity contribution in [2.24, 2.45) is 0 Å². The molecule has 3 rings (SSSR count). The van der Waals surface area contributed by atoms with Crippen LogP contribution in [0.4, 0.5) is 0 Å². The SMILES string of the molecule is Brc1ccc(C(Br)c2ccc3c(c2)COC3)o1. The number of halogens is 2. The summed E-state index contributed by atoms with van der Waals surface area (Å²) in [7, 11) is 0. The minimum Gasteiger partial charge on any atom is -0.453 e. The summed E-state index contributed by atoms with van der Waals surface area (Å²) < 4.78 is 11.7. The zero-order valence-electron chi connectivity index (χ0n) is 8.95. The Hall–Kier alpha value is -0.580. The molecule has 2 aromatic rings. The van der Waals surface area contributed by atoms with Gasteiger partial charge in [0.05, 0.1) is 18.0 Å². The van der Waals surface area contributed by atoms with E-state index in [9.17, 15) is 0 Å². The third-order valence-electron chi connectivity index (χ3n) is 2.88. The molecule has 0 saturated carbocycles. The van der Waals surface area contributed by atoms with Crippen molar-refractivity contribution in [2.45, 2.75) is 18.0 Å². The van der Waals surface area contributed by atoms with Crippen LogP contribution < -0.4 is 0 Å². The molecule has 0 amide bonds. The number of furan rings is 1. The fourth-order valence-corrected chi connectivity index (χ4v) is 2.83. The minimum absolute atomic E-state index is 0.0831. The standard InChI is InChI=1S/C13H10Br2O2/c14-12-4-3-11(17-12)13(15)8-1-2-9-6-16-7-10(9)5-8/h1-5,13H,6-7H2. The Bertz CT molecular complexity index is 548. The van der Waals surface area contributed by atoms with E-state index in [4.69, 9.17) is 9.15 Å². The van der Waals surface area contributed by atoms with Crippen molar-refractivity contribution in [2.75, 3.05) is 0 Å². The Morgan fingerprint density at radius 2 is 1.88 bits per heavy atom. The molecule has 0 radical (unpaired) electrons. The Morgan fingerprint density at radius 1 is 1.06 bits per heavy atom. The van der Waals surface area contributed by atoms with Crippen LogP contribution in [0.3, 0.4) is 0 Å². The van der Waals surface area contributed by atoms with Gasteiger partial charge in [-0.05, 0) is 44.8 Å². The predicted molar refractivity (Wildman–Crippen MR) is 72.1 cm³/mol. The zero-order chi connectivity index (χ0) is 11.8. The molecule has 1 aliphatic rings. The third kappa shape index (κ3) is 2.21. The molecule has 0 spiro atoms. The van der Waals surface area contributed by atoms with E-state index < -0.39 is 0 Å². The Labute approximate surface area is 116 Å². The quantitative estimate of drug-likeness (QED) is 0.735. The molecule has 17 heavy (non-hydrogen) atoms. The summed E-state index contributed by atoms with van der Waals surface area (Å²) in [6.45, 7) is 1.44. The van der Waals surface area contributed by atoms with E-state index in [1.807, 2.05) is 12.1 Å². The van der Waals surface area contributed by atoms with Crippen LogP contribution >= 0.6 is 31.9 Å². The normalized spacial score (nSPS) is 15.9. The second-order valence-corrected chi connectivity index (χ2v) is 5.72. The number of benzene rings is 1. The first-order valence-corrected chi connectivity index (χ1v) is 7.03. The molecule has 4 heteroatoms. The molecule has 0 fully saturated rings. The van der Waals surface area contributed by atoms with Crippen LogP contribution in [0.1, 0.15) is 27.3 Å². The number of alkyl halides is 1. The summed E-state index contributed by atoms with van der Waals surface area (Å²) >= 11 is 6.98. The fraction of sp³-hybridized carbons (Fsp3) is 0.231. The van der Waals surface area contributed by atoms with Crippen molar-refractivity contribution in [1.82, 2.24) is 0 Å². The van der Waals surface area contributed by atoms with Crippen LogP contribution in [0.5, 0.6) is 0 Å². The average molecular weight is 358 g/mol. The van der Waals surface area contributed by atoms with E-state index in [1.54, 1.807) is 0 Å². The van der Waals surface area contributed by atoms with Gasteiger partial charge in [-0.3, -0.25) is 0 Å². The summed E-state index contributed by atoms with van der Waals surface area (Å²) in [4.78, 5) is 0.0831. The van der Waals surface area contributed by atoms with Gasteiger partial charge < -0.3 is 9.15 Å². The van der Waals surface area contributed by atoms with Gasteiger partial charge in [0.25, 0.3) is 0 Å². The highest BCUT2D eigenvalue weighted by Crippen LogP contribution is 2.35. The number of hydrogen-bond acceptors (Lipinski definition) is 2. The largest absolute Gasteiger partial charge is 0.453 e. The van der Waals surface area contributed by atoms with Crippen molar-refractivity contribution in [3.63, 3.8) is 0 Å². The van der Waals surface area contributed by atoms with Crippen molar-refractivity contribution in [1.29, 1.82) is 0 Å². The molecular formula is C13H10Br2O2. The van der Waals surface area contributed by atoms with Gasteiger partial charge in [0, 0.05) is 0 Å². The Kier molecular flexibility index (Phi) is 3.11. The van der Waals surface area contributed by atoms with Crippen LogP contribution in [0.25, 0.3) is 0 Å². The second-order valence-electron chi connectivity index (χ2n) is 4.03. The van der Waals surface area contributed by atoms with Crippen molar-refractivity contribution >= 4 is 31.9 Å². The van der Waals surface area contributed by atoms with Crippen molar-refractivity contribution in [3.05, 3.63) is 57.5 Å². The summed E-state index contributed by atoms with van der Waals surface area (Å²) in [6.07, 6.45) is 0. The van der Waals surface area contributed by atoms with Gasteiger partial charge in [-0.15, -0.1) is 0 Å². The van der Waals surface area contributed by atoms with E-state index in [0.717, 1.165) is 17.0 Å². The Morgan fingerprint density at radius 3 is 2.65 bits per heavy atom. The van der Waals surface area contributed by atoms with Crippen LogP contribution in [0.15, 0.2) is 39.4 Å². The summed E-state index contributed by atoms with van der Waals surface area (Å²) in [5.74, 6) is 0.899. The van der Waals surface area contributed by atoms with E-state index in [2.05, 4.69) is 50.1 Å². The van der Waals surface area contributed by atoms with E-state index in [-0.39, 0.29) is 4.83 Å². The van der Waals surface area contributed by atoms with Gasteiger partial charge >= 0.3 is 0 Å². The maximum Gasteiger partial charge on any atom is 0.169 e. The smallest absolute Gasteiger partial charge is 0.169 e.